The number of halogens is 1. The van der Waals surface area contributed by atoms with Crippen LogP contribution in [0.3, 0.4) is 0 Å². The number of thiophene rings is 1. The third kappa shape index (κ3) is 5.03. The molecule has 2 rings (SSSR count). The molecule has 8 heteroatoms. The van der Waals surface area contributed by atoms with Crippen molar-refractivity contribution in [3.05, 3.63) is 51.2 Å². The summed E-state index contributed by atoms with van der Waals surface area (Å²) in [6, 6.07) is 10.3. The lowest BCUT2D eigenvalue weighted by atomic mass is 10.2. The van der Waals surface area contributed by atoms with E-state index in [1.165, 1.54) is 12.1 Å². The Kier molecular flexibility index (Phi) is 6.53. The first-order valence-electron chi connectivity index (χ1n) is 7.41. The van der Waals surface area contributed by atoms with Crippen LogP contribution in [0.2, 0.25) is 5.02 Å². The molecule has 25 heavy (non-hydrogen) atoms. The van der Waals surface area contributed by atoms with Crippen molar-refractivity contribution in [1.29, 1.82) is 5.26 Å². The van der Waals surface area contributed by atoms with Crippen molar-refractivity contribution in [3.8, 4) is 6.07 Å². The molecule has 2 N–H and O–H groups in total. The summed E-state index contributed by atoms with van der Waals surface area (Å²) in [6.07, 6.45) is 0. The van der Waals surface area contributed by atoms with Gasteiger partial charge in [-0.25, -0.2) is 0 Å². The molecule has 0 fully saturated rings. The third-order valence-electron chi connectivity index (χ3n) is 3.51. The van der Waals surface area contributed by atoms with Gasteiger partial charge in [-0.05, 0) is 43.7 Å². The number of nitrogens with one attached hydrogen (secondary N) is 2. The van der Waals surface area contributed by atoms with Crippen LogP contribution in [0, 0.1) is 11.3 Å². The Hall–Kier alpha value is -2.40. The lowest BCUT2D eigenvalue weighted by Crippen LogP contribution is -2.40. The Morgan fingerprint density at radius 1 is 1.32 bits per heavy atom. The molecule has 2 aromatic rings. The maximum Gasteiger partial charge on any atom is 0.313 e. The van der Waals surface area contributed by atoms with Crippen LogP contribution in [0.25, 0.3) is 0 Å². The lowest BCUT2D eigenvalue weighted by Gasteiger charge is -2.23. The highest BCUT2D eigenvalue weighted by molar-refractivity contribution is 7.10. The fourth-order valence-electron chi connectivity index (χ4n) is 2.18. The summed E-state index contributed by atoms with van der Waals surface area (Å²) in [7, 11) is 3.81. The second kappa shape index (κ2) is 8.62. The van der Waals surface area contributed by atoms with Gasteiger partial charge in [-0.2, -0.15) is 5.26 Å². The van der Waals surface area contributed by atoms with Gasteiger partial charge in [0.1, 0.15) is 6.07 Å². The van der Waals surface area contributed by atoms with E-state index < -0.39 is 11.8 Å². The zero-order valence-corrected chi connectivity index (χ0v) is 15.3. The molecule has 2 amide bonds. The van der Waals surface area contributed by atoms with E-state index in [9.17, 15) is 9.59 Å². The molecule has 0 saturated carbocycles. The molecule has 1 atom stereocenters. The van der Waals surface area contributed by atoms with Crippen molar-refractivity contribution in [2.75, 3.05) is 26.0 Å². The number of hydrogen-bond donors (Lipinski definition) is 2. The van der Waals surface area contributed by atoms with Gasteiger partial charge >= 0.3 is 11.8 Å². The number of carbonyl (C=O) groups excluding carboxylic acids is 2. The molecule has 6 nitrogen and oxygen atoms in total. The SMILES string of the molecule is CN(C)C(CNC(=O)C(=O)Nc1cc(Cl)ccc1C#N)c1cccs1. The molecular formula is C17H17ClN4O2S. The zero-order chi connectivity index (χ0) is 18.4. The lowest BCUT2D eigenvalue weighted by molar-refractivity contribution is -0.136. The Balaban J connectivity index is 2.00. The first-order valence-corrected chi connectivity index (χ1v) is 8.66. The molecule has 0 aliphatic carbocycles. The van der Waals surface area contributed by atoms with E-state index in [-0.39, 0.29) is 17.3 Å². The highest BCUT2D eigenvalue weighted by Crippen LogP contribution is 2.22. The van der Waals surface area contributed by atoms with Crippen molar-refractivity contribution >= 4 is 40.4 Å². The molecular weight excluding hydrogens is 360 g/mol. The number of benzene rings is 1. The maximum atomic E-state index is 12.1. The molecule has 0 saturated heterocycles. The Morgan fingerprint density at radius 2 is 2.08 bits per heavy atom. The van der Waals surface area contributed by atoms with Crippen LogP contribution >= 0.6 is 22.9 Å². The largest absolute Gasteiger partial charge is 0.346 e. The summed E-state index contributed by atoms with van der Waals surface area (Å²) in [4.78, 5) is 27.2. The minimum Gasteiger partial charge on any atom is -0.346 e. The van der Waals surface area contributed by atoms with Gasteiger partial charge in [-0.15, -0.1) is 11.3 Å². The Morgan fingerprint density at radius 3 is 2.68 bits per heavy atom. The Labute approximate surface area is 155 Å². The van der Waals surface area contributed by atoms with Gasteiger partial charge in [0.25, 0.3) is 0 Å². The van der Waals surface area contributed by atoms with E-state index >= 15 is 0 Å². The summed E-state index contributed by atoms with van der Waals surface area (Å²) in [5, 5.41) is 16.4. The number of rotatable bonds is 5. The van der Waals surface area contributed by atoms with Gasteiger partial charge in [0.15, 0.2) is 0 Å². The number of carbonyl (C=O) groups is 2. The molecule has 0 bridgehead atoms. The van der Waals surface area contributed by atoms with Crippen molar-refractivity contribution in [2.45, 2.75) is 6.04 Å². The number of nitriles is 1. The molecule has 0 radical (unpaired) electrons. The van der Waals surface area contributed by atoms with Crippen LogP contribution in [0.15, 0.2) is 35.7 Å². The summed E-state index contributed by atoms with van der Waals surface area (Å²) in [6.45, 7) is 0.292. The third-order valence-corrected chi connectivity index (χ3v) is 4.72. The maximum absolute atomic E-state index is 12.1. The monoisotopic (exact) mass is 376 g/mol. The summed E-state index contributed by atoms with van der Waals surface area (Å²) < 4.78 is 0. The van der Waals surface area contributed by atoms with E-state index in [2.05, 4.69) is 10.6 Å². The normalized spacial score (nSPS) is 11.6. The summed E-state index contributed by atoms with van der Waals surface area (Å²) >= 11 is 7.45. The average Bonchev–Trinajstić information content (AvgIpc) is 3.09. The number of nitrogens with zero attached hydrogens (tertiary/aromatic N) is 2. The van der Waals surface area contributed by atoms with E-state index in [0.717, 1.165) is 4.88 Å². The molecule has 1 heterocycles. The zero-order valence-electron chi connectivity index (χ0n) is 13.7. The van der Waals surface area contributed by atoms with Crippen molar-refractivity contribution < 1.29 is 9.59 Å². The van der Waals surface area contributed by atoms with Crippen LogP contribution in [0.4, 0.5) is 5.69 Å². The molecule has 0 aliphatic heterocycles. The molecule has 0 spiro atoms. The molecule has 0 aliphatic rings. The van der Waals surface area contributed by atoms with Crippen LogP contribution in [-0.4, -0.2) is 37.4 Å². The van der Waals surface area contributed by atoms with Crippen LogP contribution < -0.4 is 10.6 Å². The van der Waals surface area contributed by atoms with Gasteiger partial charge in [0.05, 0.1) is 17.3 Å². The number of amides is 2. The van der Waals surface area contributed by atoms with E-state index in [1.807, 2.05) is 42.6 Å². The fraction of sp³-hybridized carbons (Fsp3) is 0.235. The second-order valence-corrected chi connectivity index (χ2v) is 6.88. The fourth-order valence-corrected chi connectivity index (χ4v) is 3.28. The average molecular weight is 377 g/mol. The Bertz CT molecular complexity index is 799. The standard InChI is InChI=1S/C17H17ClN4O2S/c1-22(2)14(15-4-3-7-25-15)10-20-16(23)17(24)21-13-8-12(18)6-5-11(13)9-19/h3-8,14H,10H2,1-2H3,(H,20,23)(H,21,24). The van der Waals surface area contributed by atoms with Gasteiger partial charge in [-0.1, -0.05) is 17.7 Å². The second-order valence-electron chi connectivity index (χ2n) is 5.46. The quantitative estimate of drug-likeness (QED) is 0.785. The number of likely N-dealkylation sites (N-methyl/N-ethyl adjacent to an activating group) is 1. The van der Waals surface area contributed by atoms with Crippen LogP contribution in [0.1, 0.15) is 16.5 Å². The number of anilines is 1. The molecule has 1 unspecified atom stereocenters. The highest BCUT2D eigenvalue weighted by atomic mass is 35.5. The minimum atomic E-state index is -0.845. The topological polar surface area (TPSA) is 85.2 Å². The predicted molar refractivity (Wildman–Crippen MR) is 98.6 cm³/mol. The van der Waals surface area contributed by atoms with Crippen molar-refractivity contribution in [2.24, 2.45) is 0 Å². The van der Waals surface area contributed by atoms with E-state index in [1.54, 1.807) is 17.4 Å². The van der Waals surface area contributed by atoms with Gasteiger partial charge in [-0.3, -0.25) is 9.59 Å². The van der Waals surface area contributed by atoms with Gasteiger partial charge in [0.2, 0.25) is 0 Å². The van der Waals surface area contributed by atoms with Gasteiger partial charge in [0, 0.05) is 16.4 Å². The first-order chi connectivity index (χ1) is 11.9. The molecule has 1 aromatic carbocycles. The highest BCUT2D eigenvalue weighted by Gasteiger charge is 2.20. The van der Waals surface area contributed by atoms with E-state index in [0.29, 0.717) is 11.6 Å². The smallest absolute Gasteiger partial charge is 0.313 e. The van der Waals surface area contributed by atoms with E-state index in [4.69, 9.17) is 16.9 Å². The van der Waals surface area contributed by atoms with Gasteiger partial charge < -0.3 is 15.5 Å². The summed E-state index contributed by atoms with van der Waals surface area (Å²) in [5.74, 6) is -1.62. The minimum absolute atomic E-state index is 0.0300. The summed E-state index contributed by atoms with van der Waals surface area (Å²) in [5.41, 5.74) is 0.438. The first kappa shape index (κ1) is 18.9. The molecule has 1 aromatic heterocycles. The molecule has 130 valence electrons. The van der Waals surface area contributed by atoms with Crippen molar-refractivity contribution in [3.63, 3.8) is 0 Å². The van der Waals surface area contributed by atoms with Crippen LogP contribution in [0.5, 0.6) is 0 Å². The van der Waals surface area contributed by atoms with Crippen LogP contribution in [-0.2, 0) is 9.59 Å². The predicted octanol–water partition coefficient (Wildman–Crippen LogP) is 2.63. The number of hydrogen-bond acceptors (Lipinski definition) is 5. The van der Waals surface area contributed by atoms with Crippen molar-refractivity contribution in [1.82, 2.24) is 10.2 Å².